The molecule has 9 atom stereocenters. The van der Waals surface area contributed by atoms with Crippen molar-refractivity contribution in [1.29, 1.82) is 0 Å². The van der Waals surface area contributed by atoms with Gasteiger partial charge in [0, 0.05) is 5.41 Å². The van der Waals surface area contributed by atoms with Crippen molar-refractivity contribution in [3.63, 3.8) is 0 Å². The zero-order valence-corrected chi connectivity index (χ0v) is 32.8. The maximum Gasteiger partial charge on any atom is 0.164 e. The first-order valence-electron chi connectivity index (χ1n) is 20.7. The molecular formula is C48H66O2. The molecule has 2 nitrogen and oxygen atoms in total. The molecule has 50 heavy (non-hydrogen) atoms. The lowest BCUT2D eigenvalue weighted by Crippen LogP contribution is -2.67. The highest BCUT2D eigenvalue weighted by Gasteiger charge is 2.73. The van der Waals surface area contributed by atoms with E-state index in [-0.39, 0.29) is 16.2 Å². The van der Waals surface area contributed by atoms with Crippen LogP contribution in [0.25, 0.3) is 17.2 Å². The molecule has 2 bridgehead atoms. The fraction of sp³-hybridized carbons (Fsp3) is 0.688. The van der Waals surface area contributed by atoms with E-state index in [0.717, 1.165) is 36.0 Å². The number of rotatable bonds is 6. The summed E-state index contributed by atoms with van der Waals surface area (Å²) in [6, 6.07) is 18.1. The van der Waals surface area contributed by atoms with Gasteiger partial charge in [0.1, 0.15) is 0 Å². The average Bonchev–Trinajstić information content (AvgIpc) is 3.42. The van der Waals surface area contributed by atoms with Crippen LogP contribution in [-0.4, -0.2) is 18.5 Å². The largest absolute Gasteiger partial charge is 0.377 e. The number of carbonyl (C=O) groups is 1. The van der Waals surface area contributed by atoms with E-state index in [0.29, 0.717) is 40.0 Å². The quantitative estimate of drug-likeness (QED) is 0.225. The third kappa shape index (κ3) is 4.99. The van der Waals surface area contributed by atoms with Gasteiger partial charge in [0.25, 0.3) is 0 Å². The summed E-state index contributed by atoms with van der Waals surface area (Å²) >= 11 is 0. The molecule has 0 spiro atoms. The minimum atomic E-state index is -0.340. The van der Waals surface area contributed by atoms with Gasteiger partial charge in [0.2, 0.25) is 0 Å². The summed E-state index contributed by atoms with van der Waals surface area (Å²) in [5.41, 5.74) is 7.29. The second-order valence-corrected chi connectivity index (χ2v) is 20.4. The molecule has 5 aliphatic carbocycles. The number of unbranched alkanes of at least 4 members (excludes halogenated alkanes) is 2. The Bertz CT molecular complexity index is 1640. The Kier molecular flexibility index (Phi) is 8.31. The second kappa shape index (κ2) is 11.9. The van der Waals surface area contributed by atoms with E-state index in [1.54, 1.807) is 0 Å². The smallest absolute Gasteiger partial charge is 0.164 e. The number of hydrogen-bond donors (Lipinski definition) is 0. The summed E-state index contributed by atoms with van der Waals surface area (Å²) in [4.78, 5) is 14.4. The van der Waals surface area contributed by atoms with Gasteiger partial charge >= 0.3 is 0 Å². The van der Waals surface area contributed by atoms with Crippen molar-refractivity contribution in [1.82, 2.24) is 0 Å². The predicted molar refractivity (Wildman–Crippen MR) is 208 cm³/mol. The zero-order chi connectivity index (χ0) is 35.3. The molecule has 8 rings (SSSR count). The van der Waals surface area contributed by atoms with Gasteiger partial charge in [0.05, 0.1) is 12.7 Å². The fourth-order valence-electron chi connectivity index (χ4n) is 14.4. The molecule has 0 amide bonds. The SMILES string of the molecule is CCCCCc1ccc(-c2ccc(/C=C3\C[C@@]4(C)[C@H](CC[C@]5(C)[C@@H]4CC[C@@H]4[C@H]6[C@H]7OC[C@@]6(CCC7(C)C)CC[C@]45C)C(C)(C)C3=O)cc2)cc1. The number of Topliss-reactive ketones (excluding diaryl/α,β-unsaturated/α-hetero) is 1. The fourth-order valence-corrected chi connectivity index (χ4v) is 14.4. The molecule has 6 aliphatic rings. The topological polar surface area (TPSA) is 26.3 Å². The molecule has 1 aliphatic heterocycles. The molecule has 2 heteroatoms. The Hall–Kier alpha value is -2.19. The van der Waals surface area contributed by atoms with Crippen LogP contribution in [0.3, 0.4) is 0 Å². The van der Waals surface area contributed by atoms with Crippen LogP contribution in [0.5, 0.6) is 0 Å². The summed E-state index contributed by atoms with van der Waals surface area (Å²) in [6.07, 6.45) is 19.1. The van der Waals surface area contributed by atoms with Crippen molar-refractivity contribution in [3.05, 3.63) is 65.2 Å². The van der Waals surface area contributed by atoms with Gasteiger partial charge in [-0.2, -0.15) is 0 Å². The number of carbonyl (C=O) groups excluding carboxylic acids is 1. The van der Waals surface area contributed by atoms with Gasteiger partial charge < -0.3 is 4.74 Å². The van der Waals surface area contributed by atoms with E-state index in [9.17, 15) is 4.79 Å². The minimum absolute atomic E-state index is 0.124. The first-order valence-corrected chi connectivity index (χ1v) is 20.7. The summed E-state index contributed by atoms with van der Waals surface area (Å²) in [5.74, 6) is 2.95. The molecule has 5 saturated carbocycles. The van der Waals surface area contributed by atoms with Crippen LogP contribution in [-0.2, 0) is 16.0 Å². The van der Waals surface area contributed by atoms with Gasteiger partial charge in [-0.3, -0.25) is 4.79 Å². The molecule has 0 radical (unpaired) electrons. The van der Waals surface area contributed by atoms with Gasteiger partial charge in [0.15, 0.2) is 5.78 Å². The van der Waals surface area contributed by atoms with Crippen LogP contribution in [0.1, 0.15) is 144 Å². The lowest BCUT2D eigenvalue weighted by atomic mass is 9.31. The molecule has 0 aromatic heterocycles. The standard InChI is InChI=1S/C48H66O2/c1-9-10-11-12-32-13-17-34(18-14-32)35-19-15-33(16-20-35)29-36-30-45(6)38(44(4,5)41(36)49)23-24-47(8)39(45)22-21-37-40-42-43(2,3)25-27-48(40,31-50-42)28-26-46(37,47)7/h13-20,29,37-40,42H,9-12,21-28,30-31H2,1-8H3/b36-29+/t37-,38-,39-,40+,42-,45+,46-,47-,48-/m1/s1. The van der Waals surface area contributed by atoms with Crippen molar-refractivity contribution in [2.24, 2.45) is 56.2 Å². The Morgan fingerprint density at radius 1 is 0.740 bits per heavy atom. The number of hydrogen-bond acceptors (Lipinski definition) is 2. The average molecular weight is 675 g/mol. The Morgan fingerprint density at radius 3 is 2.12 bits per heavy atom. The van der Waals surface area contributed by atoms with Gasteiger partial charge in [-0.1, -0.05) is 117 Å². The van der Waals surface area contributed by atoms with Crippen molar-refractivity contribution < 1.29 is 9.53 Å². The number of fused-ring (bicyclic) bond motifs is 5. The highest BCUT2D eigenvalue weighted by Crippen LogP contribution is 2.78. The van der Waals surface area contributed by atoms with Gasteiger partial charge in [-0.25, -0.2) is 0 Å². The van der Waals surface area contributed by atoms with E-state index in [2.05, 4.69) is 110 Å². The molecule has 0 N–H and O–H groups in total. The summed E-state index contributed by atoms with van der Waals surface area (Å²) in [5, 5.41) is 0. The van der Waals surface area contributed by atoms with Crippen molar-refractivity contribution in [3.8, 4) is 11.1 Å². The van der Waals surface area contributed by atoms with E-state index in [1.165, 1.54) is 93.7 Å². The highest BCUT2D eigenvalue weighted by atomic mass is 16.5. The maximum atomic E-state index is 14.4. The lowest BCUT2D eigenvalue weighted by molar-refractivity contribution is -0.236. The van der Waals surface area contributed by atoms with Gasteiger partial charge in [-0.15, -0.1) is 0 Å². The number of benzene rings is 2. The Morgan fingerprint density at radius 2 is 1.42 bits per heavy atom. The molecule has 1 saturated heterocycles. The van der Waals surface area contributed by atoms with Crippen LogP contribution < -0.4 is 0 Å². The molecule has 2 aromatic rings. The highest BCUT2D eigenvalue weighted by molar-refractivity contribution is 6.04. The minimum Gasteiger partial charge on any atom is -0.377 e. The summed E-state index contributed by atoms with van der Waals surface area (Å²) in [6.45, 7) is 20.9. The molecule has 6 fully saturated rings. The first-order chi connectivity index (χ1) is 23.7. The predicted octanol–water partition coefficient (Wildman–Crippen LogP) is 12.5. The van der Waals surface area contributed by atoms with E-state index >= 15 is 0 Å². The monoisotopic (exact) mass is 675 g/mol. The number of ketones is 1. The summed E-state index contributed by atoms with van der Waals surface area (Å²) in [7, 11) is 0. The number of allylic oxidation sites excluding steroid dienone is 1. The van der Waals surface area contributed by atoms with Crippen LogP contribution in [0.4, 0.5) is 0 Å². The van der Waals surface area contributed by atoms with Crippen LogP contribution >= 0.6 is 0 Å². The van der Waals surface area contributed by atoms with Crippen LogP contribution in [0.15, 0.2) is 54.1 Å². The molecule has 2 aromatic carbocycles. The first kappa shape index (κ1) is 34.9. The van der Waals surface area contributed by atoms with Crippen LogP contribution in [0.2, 0.25) is 0 Å². The second-order valence-electron chi connectivity index (χ2n) is 20.4. The molecule has 0 unspecified atom stereocenters. The van der Waals surface area contributed by atoms with Crippen LogP contribution in [0, 0.1) is 56.2 Å². The molecular weight excluding hydrogens is 609 g/mol. The third-order valence-corrected chi connectivity index (χ3v) is 17.3. The van der Waals surface area contributed by atoms with E-state index < -0.39 is 0 Å². The lowest BCUT2D eigenvalue weighted by Gasteiger charge is -2.73. The normalized spacial score (nSPS) is 42.0. The van der Waals surface area contributed by atoms with Gasteiger partial charge in [-0.05, 0) is 155 Å². The van der Waals surface area contributed by atoms with Crippen molar-refractivity contribution in [2.45, 2.75) is 145 Å². The van der Waals surface area contributed by atoms with E-state index in [4.69, 9.17) is 4.74 Å². The van der Waals surface area contributed by atoms with Crippen molar-refractivity contribution >= 4 is 11.9 Å². The van der Waals surface area contributed by atoms with Crippen molar-refractivity contribution in [2.75, 3.05) is 6.61 Å². The molecule has 270 valence electrons. The summed E-state index contributed by atoms with van der Waals surface area (Å²) < 4.78 is 6.82. The third-order valence-electron chi connectivity index (χ3n) is 17.3. The number of aryl methyl sites for hydroxylation is 1. The Balaban J connectivity index is 1.07. The Labute approximate surface area is 304 Å². The number of ether oxygens (including phenoxy) is 1. The maximum absolute atomic E-state index is 14.4. The van der Waals surface area contributed by atoms with E-state index in [1.807, 2.05) is 0 Å². The molecule has 1 heterocycles. The zero-order valence-electron chi connectivity index (χ0n) is 32.8.